The first kappa shape index (κ1) is 18.1. The molecule has 1 aliphatic heterocycles. The molecule has 5 heteroatoms. The molecule has 0 atom stereocenters. The molecule has 0 radical (unpaired) electrons. The molecule has 3 rings (SSSR count). The van der Waals surface area contributed by atoms with Crippen molar-refractivity contribution in [1.29, 1.82) is 0 Å². The molecule has 136 valence electrons. The van der Waals surface area contributed by atoms with E-state index in [1.54, 1.807) is 0 Å². The van der Waals surface area contributed by atoms with E-state index in [-0.39, 0.29) is 30.3 Å². The fraction of sp³-hybridized carbons (Fsp3) is 0.333. The number of carbonyl (C=O) groups excluding carboxylic acids is 2. The zero-order valence-corrected chi connectivity index (χ0v) is 15.0. The molecule has 1 saturated heterocycles. The molecular formula is C21H23FN2O2. The van der Waals surface area contributed by atoms with Gasteiger partial charge in [0.05, 0.1) is 0 Å². The Balaban J connectivity index is 1.47. The van der Waals surface area contributed by atoms with Gasteiger partial charge in [0.1, 0.15) is 5.82 Å². The van der Waals surface area contributed by atoms with Gasteiger partial charge in [-0.3, -0.25) is 9.59 Å². The van der Waals surface area contributed by atoms with Gasteiger partial charge in [-0.15, -0.1) is 0 Å². The van der Waals surface area contributed by atoms with E-state index >= 15 is 0 Å². The molecule has 0 spiro atoms. The number of carbonyl (C=O) groups is 2. The van der Waals surface area contributed by atoms with Crippen LogP contribution in [-0.2, 0) is 4.79 Å². The average Bonchev–Trinajstić information content (AvgIpc) is 2.66. The van der Waals surface area contributed by atoms with E-state index in [0.717, 1.165) is 13.1 Å². The number of Topliss-reactive ketones (excluding diaryl/α,β-unsaturated/α-hetero) is 1. The van der Waals surface area contributed by atoms with Gasteiger partial charge in [0.25, 0.3) is 0 Å². The zero-order chi connectivity index (χ0) is 18.5. The maximum Gasteiger partial charge on any atom is 0.223 e. The van der Waals surface area contributed by atoms with Crippen LogP contribution in [0.25, 0.3) is 0 Å². The van der Waals surface area contributed by atoms with Crippen molar-refractivity contribution < 1.29 is 14.0 Å². The summed E-state index contributed by atoms with van der Waals surface area (Å²) in [5.74, 6) is -0.495. The number of ketones is 1. The van der Waals surface area contributed by atoms with E-state index in [1.165, 1.54) is 35.5 Å². The SMILES string of the molecule is Cc1cccc(N2CCN(C(=O)CCC(=O)c3ccc(F)cc3)CC2)c1. The summed E-state index contributed by atoms with van der Waals surface area (Å²) in [6.45, 7) is 4.98. The summed E-state index contributed by atoms with van der Waals surface area (Å²) < 4.78 is 12.9. The lowest BCUT2D eigenvalue weighted by atomic mass is 10.1. The third-order valence-electron chi connectivity index (χ3n) is 4.73. The quantitative estimate of drug-likeness (QED) is 0.772. The highest BCUT2D eigenvalue weighted by atomic mass is 19.1. The van der Waals surface area contributed by atoms with Gasteiger partial charge < -0.3 is 9.80 Å². The molecule has 2 aromatic carbocycles. The van der Waals surface area contributed by atoms with Crippen LogP contribution in [0.1, 0.15) is 28.8 Å². The molecule has 1 aliphatic rings. The minimum absolute atomic E-state index is 0.00403. The number of amides is 1. The number of hydrogen-bond donors (Lipinski definition) is 0. The fourth-order valence-corrected chi connectivity index (χ4v) is 3.20. The maximum atomic E-state index is 12.9. The molecule has 1 amide bonds. The normalized spacial score (nSPS) is 14.4. The summed E-state index contributed by atoms with van der Waals surface area (Å²) >= 11 is 0. The highest BCUT2D eigenvalue weighted by Gasteiger charge is 2.22. The van der Waals surface area contributed by atoms with Gasteiger partial charge in [-0.25, -0.2) is 4.39 Å². The first-order valence-corrected chi connectivity index (χ1v) is 8.91. The van der Waals surface area contributed by atoms with Crippen molar-refractivity contribution in [3.8, 4) is 0 Å². The molecule has 0 saturated carbocycles. The number of benzene rings is 2. The minimum atomic E-state index is -0.371. The van der Waals surface area contributed by atoms with E-state index in [2.05, 4.69) is 30.0 Å². The second kappa shape index (κ2) is 8.13. The molecular weight excluding hydrogens is 331 g/mol. The first-order valence-electron chi connectivity index (χ1n) is 8.91. The Morgan fingerprint density at radius 2 is 1.65 bits per heavy atom. The Hall–Kier alpha value is -2.69. The van der Waals surface area contributed by atoms with Crippen LogP contribution < -0.4 is 4.90 Å². The molecule has 0 bridgehead atoms. The third kappa shape index (κ3) is 4.48. The van der Waals surface area contributed by atoms with Crippen molar-refractivity contribution in [2.24, 2.45) is 0 Å². The van der Waals surface area contributed by atoms with Crippen LogP contribution in [0.4, 0.5) is 10.1 Å². The zero-order valence-electron chi connectivity index (χ0n) is 15.0. The maximum absolute atomic E-state index is 12.9. The minimum Gasteiger partial charge on any atom is -0.368 e. The van der Waals surface area contributed by atoms with Crippen molar-refractivity contribution in [2.75, 3.05) is 31.1 Å². The average molecular weight is 354 g/mol. The summed E-state index contributed by atoms with van der Waals surface area (Å²) in [5, 5.41) is 0. The standard InChI is InChI=1S/C21H23FN2O2/c1-16-3-2-4-19(15-16)23-11-13-24(14-12-23)21(26)10-9-20(25)17-5-7-18(22)8-6-17/h2-8,15H,9-14H2,1H3. The molecule has 4 nitrogen and oxygen atoms in total. The topological polar surface area (TPSA) is 40.6 Å². The number of rotatable bonds is 5. The smallest absolute Gasteiger partial charge is 0.223 e. The predicted octanol–water partition coefficient (Wildman–Crippen LogP) is 3.45. The number of anilines is 1. The summed E-state index contributed by atoms with van der Waals surface area (Å²) in [7, 11) is 0. The van der Waals surface area contributed by atoms with Crippen molar-refractivity contribution in [3.63, 3.8) is 0 Å². The lowest BCUT2D eigenvalue weighted by Gasteiger charge is -2.36. The number of aryl methyl sites for hydroxylation is 1. The largest absolute Gasteiger partial charge is 0.368 e. The molecule has 0 aromatic heterocycles. The van der Waals surface area contributed by atoms with Gasteiger partial charge in [0.15, 0.2) is 5.78 Å². The monoisotopic (exact) mass is 354 g/mol. The van der Waals surface area contributed by atoms with Crippen molar-refractivity contribution in [3.05, 3.63) is 65.5 Å². The van der Waals surface area contributed by atoms with E-state index in [1.807, 2.05) is 11.0 Å². The Bertz CT molecular complexity index is 781. The molecule has 0 aliphatic carbocycles. The third-order valence-corrected chi connectivity index (χ3v) is 4.73. The second-order valence-electron chi connectivity index (χ2n) is 6.64. The van der Waals surface area contributed by atoms with E-state index in [9.17, 15) is 14.0 Å². The summed E-state index contributed by atoms with van der Waals surface area (Å²) in [5.41, 5.74) is 2.85. The molecule has 1 fully saturated rings. The van der Waals surface area contributed by atoms with Crippen LogP contribution in [0.3, 0.4) is 0 Å². The molecule has 1 heterocycles. The number of nitrogens with zero attached hydrogens (tertiary/aromatic N) is 2. The van der Waals surface area contributed by atoms with Crippen LogP contribution in [0.5, 0.6) is 0 Å². The van der Waals surface area contributed by atoms with E-state index in [0.29, 0.717) is 18.7 Å². The Morgan fingerprint density at radius 3 is 2.31 bits per heavy atom. The molecule has 2 aromatic rings. The van der Waals surface area contributed by atoms with Gasteiger partial charge in [0.2, 0.25) is 5.91 Å². The number of halogens is 1. The highest BCUT2D eigenvalue weighted by Crippen LogP contribution is 2.18. The molecule has 0 N–H and O–H groups in total. The van der Waals surface area contributed by atoms with Crippen LogP contribution >= 0.6 is 0 Å². The lowest BCUT2D eigenvalue weighted by Crippen LogP contribution is -2.48. The summed E-state index contributed by atoms with van der Waals surface area (Å²) in [6.07, 6.45) is 0.350. The second-order valence-corrected chi connectivity index (χ2v) is 6.64. The van der Waals surface area contributed by atoms with Crippen LogP contribution in [0, 0.1) is 12.7 Å². The molecule has 26 heavy (non-hydrogen) atoms. The Labute approximate surface area is 153 Å². The van der Waals surface area contributed by atoms with Crippen LogP contribution in [0.2, 0.25) is 0 Å². The van der Waals surface area contributed by atoms with Gasteiger partial charge in [-0.1, -0.05) is 12.1 Å². The summed E-state index contributed by atoms with van der Waals surface area (Å²) in [6, 6.07) is 13.8. The van der Waals surface area contributed by atoms with Gasteiger partial charge in [-0.2, -0.15) is 0 Å². The predicted molar refractivity (Wildman–Crippen MR) is 99.9 cm³/mol. The van der Waals surface area contributed by atoms with Crippen molar-refractivity contribution in [2.45, 2.75) is 19.8 Å². The van der Waals surface area contributed by atoms with Crippen LogP contribution in [0.15, 0.2) is 48.5 Å². The highest BCUT2D eigenvalue weighted by molar-refractivity contribution is 5.97. The Morgan fingerprint density at radius 1 is 0.962 bits per heavy atom. The fourth-order valence-electron chi connectivity index (χ4n) is 3.20. The van der Waals surface area contributed by atoms with Gasteiger partial charge in [0, 0.05) is 50.3 Å². The lowest BCUT2D eigenvalue weighted by molar-refractivity contribution is -0.131. The van der Waals surface area contributed by atoms with Gasteiger partial charge >= 0.3 is 0 Å². The number of piperazine rings is 1. The van der Waals surface area contributed by atoms with Crippen molar-refractivity contribution >= 4 is 17.4 Å². The molecule has 0 unspecified atom stereocenters. The van der Waals surface area contributed by atoms with Gasteiger partial charge in [-0.05, 0) is 48.9 Å². The summed E-state index contributed by atoms with van der Waals surface area (Å²) in [4.78, 5) is 28.6. The number of hydrogen-bond acceptors (Lipinski definition) is 3. The first-order chi connectivity index (χ1) is 12.5. The van der Waals surface area contributed by atoms with Crippen LogP contribution in [-0.4, -0.2) is 42.8 Å². The van der Waals surface area contributed by atoms with Crippen molar-refractivity contribution in [1.82, 2.24) is 4.90 Å². The Kier molecular flexibility index (Phi) is 5.66. The van der Waals surface area contributed by atoms with E-state index in [4.69, 9.17) is 0 Å². The van der Waals surface area contributed by atoms with E-state index < -0.39 is 0 Å².